The Balaban J connectivity index is 1.61. The van der Waals surface area contributed by atoms with E-state index < -0.39 is 42.2 Å². The standard InChI is InChI=1S/C23H33BFN3O4/c1-21(2,3)30-20(29)27-13-12-18(16(25)14-27)28-17-11-9-8-10-15(17)19(26-28)24-31-22(4,5)23(6,7)32-24/h8-11,16,18H,12-14H2,1-7H3/t16-,18+/m1/s1. The first kappa shape index (κ1) is 23.0. The Morgan fingerprint density at radius 2 is 1.81 bits per heavy atom. The highest BCUT2D eigenvalue weighted by atomic mass is 19.1. The van der Waals surface area contributed by atoms with Gasteiger partial charge in [-0.15, -0.1) is 0 Å². The molecule has 1 aromatic heterocycles. The van der Waals surface area contributed by atoms with Crippen LogP contribution in [0, 0.1) is 0 Å². The highest BCUT2D eigenvalue weighted by Crippen LogP contribution is 2.37. The van der Waals surface area contributed by atoms with Crippen molar-refractivity contribution in [2.75, 3.05) is 13.1 Å². The van der Waals surface area contributed by atoms with Crippen LogP contribution in [0.4, 0.5) is 9.18 Å². The molecule has 32 heavy (non-hydrogen) atoms. The summed E-state index contributed by atoms with van der Waals surface area (Å²) >= 11 is 0. The van der Waals surface area contributed by atoms with E-state index >= 15 is 4.39 Å². The molecule has 1 amide bonds. The van der Waals surface area contributed by atoms with Crippen LogP contribution in [0.15, 0.2) is 24.3 Å². The predicted octanol–water partition coefficient (Wildman–Crippen LogP) is 3.86. The van der Waals surface area contributed by atoms with Gasteiger partial charge in [-0.2, -0.15) is 5.10 Å². The number of hydrogen-bond acceptors (Lipinski definition) is 5. The minimum absolute atomic E-state index is 0.0282. The highest BCUT2D eigenvalue weighted by molar-refractivity contribution is 6.64. The lowest BCUT2D eigenvalue weighted by atomic mass is 9.82. The van der Waals surface area contributed by atoms with Crippen molar-refractivity contribution in [3.05, 3.63) is 24.3 Å². The Hall–Kier alpha value is -2.13. The van der Waals surface area contributed by atoms with Gasteiger partial charge in [0.05, 0.1) is 29.3 Å². The number of carbonyl (C=O) groups is 1. The summed E-state index contributed by atoms with van der Waals surface area (Å²) < 4.78 is 35.0. The Bertz CT molecular complexity index is 1000. The van der Waals surface area contributed by atoms with E-state index in [0.29, 0.717) is 18.6 Å². The number of para-hydroxylation sites is 1. The van der Waals surface area contributed by atoms with Gasteiger partial charge in [-0.1, -0.05) is 18.2 Å². The number of likely N-dealkylation sites (tertiary alicyclic amines) is 1. The minimum Gasteiger partial charge on any atom is -0.444 e. The molecule has 2 aliphatic heterocycles. The molecule has 2 saturated heterocycles. The Kier molecular flexibility index (Phi) is 5.57. The molecule has 3 heterocycles. The number of fused-ring (bicyclic) bond motifs is 1. The summed E-state index contributed by atoms with van der Waals surface area (Å²) in [7, 11) is -0.633. The lowest BCUT2D eigenvalue weighted by molar-refractivity contribution is 0.00578. The zero-order valence-electron chi connectivity index (χ0n) is 20.0. The van der Waals surface area contributed by atoms with Gasteiger partial charge in [-0.3, -0.25) is 4.68 Å². The molecule has 4 rings (SSSR count). The third-order valence-corrected chi connectivity index (χ3v) is 6.59. The summed E-state index contributed by atoms with van der Waals surface area (Å²) in [6.07, 6.45) is -1.32. The molecular weight excluding hydrogens is 412 g/mol. The number of rotatable bonds is 2. The van der Waals surface area contributed by atoms with Crippen molar-refractivity contribution < 1.29 is 23.2 Å². The van der Waals surface area contributed by atoms with Crippen LogP contribution in [0.1, 0.15) is 60.9 Å². The van der Waals surface area contributed by atoms with Crippen molar-refractivity contribution in [3.63, 3.8) is 0 Å². The third kappa shape index (κ3) is 4.12. The summed E-state index contributed by atoms with van der Waals surface area (Å²) in [6, 6.07) is 7.25. The summed E-state index contributed by atoms with van der Waals surface area (Å²) in [5.74, 6) is 0. The first-order valence-corrected chi connectivity index (χ1v) is 11.2. The smallest absolute Gasteiger partial charge is 0.444 e. The van der Waals surface area contributed by atoms with Gasteiger partial charge in [0.15, 0.2) is 0 Å². The maximum absolute atomic E-state index is 15.4. The topological polar surface area (TPSA) is 65.8 Å². The van der Waals surface area contributed by atoms with Crippen molar-refractivity contribution in [2.45, 2.75) is 83.9 Å². The summed E-state index contributed by atoms with van der Waals surface area (Å²) in [5, 5.41) is 5.68. The number of amides is 1. The Morgan fingerprint density at radius 1 is 1.19 bits per heavy atom. The van der Waals surface area contributed by atoms with Gasteiger partial charge >= 0.3 is 13.2 Å². The Labute approximate surface area is 189 Å². The molecule has 2 atom stereocenters. The van der Waals surface area contributed by atoms with Crippen LogP contribution in [-0.4, -0.2) is 64.0 Å². The van der Waals surface area contributed by atoms with Crippen LogP contribution in [0.2, 0.25) is 0 Å². The minimum atomic E-state index is -1.27. The normalized spacial score (nSPS) is 25.4. The maximum atomic E-state index is 15.4. The van der Waals surface area contributed by atoms with E-state index in [2.05, 4.69) is 0 Å². The molecule has 0 radical (unpaired) electrons. The van der Waals surface area contributed by atoms with Gasteiger partial charge < -0.3 is 18.9 Å². The second-order valence-corrected chi connectivity index (χ2v) is 10.7. The zero-order chi connectivity index (χ0) is 23.5. The number of alkyl halides is 1. The van der Waals surface area contributed by atoms with Crippen molar-refractivity contribution in [3.8, 4) is 0 Å². The first-order chi connectivity index (χ1) is 14.8. The van der Waals surface area contributed by atoms with E-state index in [9.17, 15) is 4.79 Å². The lowest BCUT2D eigenvalue weighted by Gasteiger charge is -2.35. The second kappa shape index (κ2) is 7.73. The van der Waals surface area contributed by atoms with Crippen LogP contribution in [0.5, 0.6) is 0 Å². The molecule has 0 N–H and O–H groups in total. The second-order valence-electron chi connectivity index (χ2n) is 10.7. The molecule has 0 spiro atoms. The largest absolute Gasteiger partial charge is 0.517 e. The van der Waals surface area contributed by atoms with E-state index in [0.717, 1.165) is 10.9 Å². The molecule has 0 bridgehead atoms. The van der Waals surface area contributed by atoms with Crippen molar-refractivity contribution in [2.24, 2.45) is 0 Å². The predicted molar refractivity (Wildman–Crippen MR) is 122 cm³/mol. The highest BCUT2D eigenvalue weighted by Gasteiger charge is 2.53. The molecule has 1 aromatic carbocycles. The number of benzene rings is 1. The van der Waals surface area contributed by atoms with Gasteiger partial charge in [0.1, 0.15) is 17.4 Å². The van der Waals surface area contributed by atoms with Crippen LogP contribution >= 0.6 is 0 Å². The van der Waals surface area contributed by atoms with Gasteiger partial charge in [-0.05, 0) is 61.0 Å². The molecule has 9 heteroatoms. The molecule has 7 nitrogen and oxygen atoms in total. The average Bonchev–Trinajstić information content (AvgIpc) is 3.14. The van der Waals surface area contributed by atoms with E-state index in [1.165, 1.54) is 4.90 Å². The summed E-state index contributed by atoms with van der Waals surface area (Å²) in [5.41, 5.74) is -0.125. The number of aromatic nitrogens is 2. The SMILES string of the molecule is CC(C)(C)OC(=O)N1CC[C@H](n2nc(B3OC(C)(C)C(C)(C)O3)c3ccccc32)[C@H](F)C1. The van der Waals surface area contributed by atoms with Crippen molar-refractivity contribution >= 4 is 29.7 Å². The lowest BCUT2D eigenvalue weighted by Crippen LogP contribution is -2.47. The average molecular weight is 445 g/mol. The molecule has 174 valence electrons. The van der Waals surface area contributed by atoms with Crippen LogP contribution in [-0.2, 0) is 14.0 Å². The van der Waals surface area contributed by atoms with Crippen molar-refractivity contribution in [1.29, 1.82) is 0 Å². The van der Waals surface area contributed by atoms with E-state index in [1.54, 1.807) is 25.5 Å². The molecule has 0 unspecified atom stereocenters. The maximum Gasteiger partial charge on any atom is 0.517 e. The fourth-order valence-electron chi connectivity index (χ4n) is 4.16. The number of nitrogens with zero attached hydrogens (tertiary/aromatic N) is 3. The van der Waals surface area contributed by atoms with Crippen molar-refractivity contribution in [1.82, 2.24) is 14.7 Å². The quantitative estimate of drug-likeness (QED) is 0.657. The fraction of sp³-hybridized carbons (Fsp3) is 0.652. The monoisotopic (exact) mass is 445 g/mol. The van der Waals surface area contributed by atoms with Crippen LogP contribution < -0.4 is 5.59 Å². The fourth-order valence-corrected chi connectivity index (χ4v) is 4.16. The molecule has 2 aromatic rings. The first-order valence-electron chi connectivity index (χ1n) is 11.2. The van der Waals surface area contributed by atoms with Gasteiger partial charge in [-0.25, -0.2) is 9.18 Å². The van der Waals surface area contributed by atoms with E-state index in [1.807, 2.05) is 52.0 Å². The van der Waals surface area contributed by atoms with Crippen LogP contribution in [0.3, 0.4) is 0 Å². The number of hydrogen-bond donors (Lipinski definition) is 0. The molecule has 0 aliphatic carbocycles. The number of ether oxygens (including phenoxy) is 1. The molecule has 2 aliphatic rings. The van der Waals surface area contributed by atoms with Crippen LogP contribution in [0.25, 0.3) is 10.9 Å². The molecule has 2 fully saturated rings. The van der Waals surface area contributed by atoms with Gasteiger partial charge in [0.25, 0.3) is 0 Å². The van der Waals surface area contributed by atoms with Gasteiger partial charge in [0.2, 0.25) is 0 Å². The summed E-state index contributed by atoms with van der Waals surface area (Å²) in [4.78, 5) is 13.8. The Morgan fingerprint density at radius 3 is 2.41 bits per heavy atom. The number of halogens is 1. The van der Waals surface area contributed by atoms with E-state index in [4.69, 9.17) is 19.1 Å². The third-order valence-electron chi connectivity index (χ3n) is 6.59. The summed E-state index contributed by atoms with van der Waals surface area (Å²) in [6.45, 7) is 13.8. The zero-order valence-corrected chi connectivity index (χ0v) is 20.0. The molecular formula is C23H33BFN3O4. The molecule has 0 saturated carbocycles. The van der Waals surface area contributed by atoms with E-state index in [-0.39, 0.29) is 6.54 Å². The number of carbonyl (C=O) groups excluding carboxylic acids is 1. The van der Waals surface area contributed by atoms with Gasteiger partial charge in [0, 0.05) is 11.9 Å². The number of piperidine rings is 1.